The summed E-state index contributed by atoms with van der Waals surface area (Å²) in [5.41, 5.74) is 1.64. The van der Waals surface area contributed by atoms with Gasteiger partial charge in [0.15, 0.2) is 0 Å². The van der Waals surface area contributed by atoms with Crippen LogP contribution in [0.5, 0.6) is 0 Å². The number of hydrogen-bond donors (Lipinski definition) is 2. The fraction of sp³-hybridized carbons (Fsp3) is 0.474. The number of aliphatic hydroxyl groups excluding tert-OH is 1. The van der Waals surface area contributed by atoms with E-state index in [4.69, 9.17) is 0 Å². The molecular formula is C19H20N6O2. The number of H-pyrrole nitrogens is 1. The van der Waals surface area contributed by atoms with Crippen molar-refractivity contribution in [3.63, 3.8) is 0 Å². The minimum absolute atomic E-state index is 0.0125. The molecule has 3 aromatic rings. The lowest BCUT2D eigenvalue weighted by Crippen LogP contribution is -2.35. The first-order valence-electron chi connectivity index (χ1n) is 9.27. The number of carbonyl (C=O) groups excluding carboxylic acids is 1. The number of nitriles is 1. The van der Waals surface area contributed by atoms with Gasteiger partial charge in [0, 0.05) is 24.7 Å². The number of aromatic nitrogens is 4. The van der Waals surface area contributed by atoms with Crippen LogP contribution < -0.4 is 0 Å². The first kappa shape index (κ1) is 16.3. The number of pyridine rings is 1. The Balaban J connectivity index is 1.58. The highest BCUT2D eigenvalue weighted by Gasteiger charge is 2.53. The maximum atomic E-state index is 12.7. The number of imidazole rings is 1. The van der Waals surface area contributed by atoms with Crippen molar-refractivity contribution >= 4 is 28.0 Å². The molecule has 8 heteroatoms. The number of aromatic amines is 1. The van der Waals surface area contributed by atoms with Gasteiger partial charge in [0.2, 0.25) is 5.91 Å². The molecule has 27 heavy (non-hydrogen) atoms. The molecule has 5 rings (SSSR count). The number of carbonyl (C=O) groups is 1. The van der Waals surface area contributed by atoms with Crippen LogP contribution in [-0.4, -0.2) is 48.5 Å². The number of aliphatic hydroxyl groups is 1. The van der Waals surface area contributed by atoms with Crippen molar-refractivity contribution in [2.24, 2.45) is 5.41 Å². The van der Waals surface area contributed by atoms with E-state index in [-0.39, 0.29) is 11.9 Å². The van der Waals surface area contributed by atoms with Gasteiger partial charge in [-0.1, -0.05) is 0 Å². The monoisotopic (exact) mass is 364 g/mol. The second kappa shape index (κ2) is 5.54. The largest absolute Gasteiger partial charge is 0.385 e. The van der Waals surface area contributed by atoms with Crippen molar-refractivity contribution in [2.75, 3.05) is 13.1 Å². The Morgan fingerprint density at radius 2 is 2.33 bits per heavy atom. The highest BCUT2D eigenvalue weighted by Crippen LogP contribution is 2.47. The Morgan fingerprint density at radius 1 is 1.52 bits per heavy atom. The van der Waals surface area contributed by atoms with Gasteiger partial charge in [0.1, 0.15) is 28.5 Å². The second-order valence-electron chi connectivity index (χ2n) is 7.64. The predicted octanol–water partition coefficient (Wildman–Crippen LogP) is 2.04. The third-order valence-corrected chi connectivity index (χ3v) is 5.82. The zero-order chi connectivity index (χ0) is 18.8. The molecule has 138 valence electrons. The third kappa shape index (κ3) is 2.28. The third-order valence-electron chi connectivity index (χ3n) is 5.82. The molecule has 1 saturated carbocycles. The standard InChI is InChI=1S/C19H20N6O2/c1-11(26)17-23-14-8-22-16-13(2-6-21-16)15(14)25(17)12-3-7-24(9-12)18(27)19(10-20)4-5-19/h2,6,8,11-12,26H,3-5,7,9H2,1H3,(H,21,22). The van der Waals surface area contributed by atoms with E-state index in [1.54, 1.807) is 18.0 Å². The Labute approximate surface area is 155 Å². The zero-order valence-electron chi connectivity index (χ0n) is 15.0. The molecule has 1 aliphatic carbocycles. The van der Waals surface area contributed by atoms with Crippen molar-refractivity contribution in [2.45, 2.75) is 38.3 Å². The molecule has 2 aliphatic rings. The minimum atomic E-state index is -0.795. The zero-order valence-corrected chi connectivity index (χ0v) is 15.0. The first-order valence-corrected chi connectivity index (χ1v) is 9.27. The summed E-state index contributed by atoms with van der Waals surface area (Å²) < 4.78 is 2.07. The number of likely N-dealkylation sites (tertiary alicyclic amines) is 1. The van der Waals surface area contributed by atoms with Crippen LogP contribution in [0.4, 0.5) is 0 Å². The molecule has 1 amide bonds. The summed E-state index contributed by atoms with van der Waals surface area (Å²) in [6.07, 6.45) is 4.91. The molecule has 2 fully saturated rings. The van der Waals surface area contributed by atoms with E-state index in [1.807, 2.05) is 12.3 Å². The number of nitrogens with one attached hydrogen (secondary N) is 1. The van der Waals surface area contributed by atoms with Crippen LogP contribution >= 0.6 is 0 Å². The van der Waals surface area contributed by atoms with Gasteiger partial charge < -0.3 is 19.6 Å². The number of hydrogen-bond acceptors (Lipinski definition) is 5. The Kier molecular flexibility index (Phi) is 3.34. The molecule has 4 heterocycles. The molecule has 1 saturated heterocycles. The fourth-order valence-electron chi connectivity index (χ4n) is 4.21. The van der Waals surface area contributed by atoms with Crippen LogP contribution in [0.25, 0.3) is 22.1 Å². The predicted molar refractivity (Wildman–Crippen MR) is 97.5 cm³/mol. The molecule has 2 unspecified atom stereocenters. The van der Waals surface area contributed by atoms with Crippen LogP contribution in [-0.2, 0) is 4.79 Å². The lowest BCUT2D eigenvalue weighted by molar-refractivity contribution is -0.133. The van der Waals surface area contributed by atoms with E-state index in [0.29, 0.717) is 31.8 Å². The van der Waals surface area contributed by atoms with Crippen molar-refractivity contribution in [3.05, 3.63) is 24.3 Å². The van der Waals surface area contributed by atoms with E-state index in [1.165, 1.54) is 0 Å². The SMILES string of the molecule is CC(O)c1nc2cnc3[nH]ccc3c2n1C1CCN(C(=O)C2(C#N)CC2)C1. The number of nitrogens with zero attached hydrogens (tertiary/aromatic N) is 5. The fourth-order valence-corrected chi connectivity index (χ4v) is 4.21. The van der Waals surface area contributed by atoms with Crippen molar-refractivity contribution < 1.29 is 9.90 Å². The molecule has 3 aromatic heterocycles. The van der Waals surface area contributed by atoms with Gasteiger partial charge in [-0.2, -0.15) is 5.26 Å². The van der Waals surface area contributed by atoms with Crippen LogP contribution in [0.1, 0.15) is 44.2 Å². The van der Waals surface area contributed by atoms with E-state index >= 15 is 0 Å². The Bertz CT molecular complexity index is 1100. The maximum absolute atomic E-state index is 12.7. The van der Waals surface area contributed by atoms with Crippen molar-refractivity contribution in [3.8, 4) is 6.07 Å². The molecule has 8 nitrogen and oxygen atoms in total. The summed E-state index contributed by atoms with van der Waals surface area (Å²) in [6, 6.07) is 4.17. The van der Waals surface area contributed by atoms with Crippen molar-refractivity contribution in [1.29, 1.82) is 5.26 Å². The second-order valence-corrected chi connectivity index (χ2v) is 7.64. The average molecular weight is 364 g/mol. The quantitative estimate of drug-likeness (QED) is 0.739. The summed E-state index contributed by atoms with van der Waals surface area (Å²) in [6.45, 7) is 2.85. The van der Waals surface area contributed by atoms with Gasteiger partial charge in [-0.05, 0) is 32.3 Å². The van der Waals surface area contributed by atoms with Gasteiger partial charge in [-0.3, -0.25) is 4.79 Å². The summed E-state index contributed by atoms with van der Waals surface area (Å²) in [5, 5.41) is 20.6. The lowest BCUT2D eigenvalue weighted by atomic mass is 10.1. The van der Waals surface area contributed by atoms with Crippen molar-refractivity contribution in [1.82, 2.24) is 24.4 Å². The molecule has 0 bridgehead atoms. The summed E-state index contributed by atoms with van der Waals surface area (Å²) in [7, 11) is 0. The number of rotatable bonds is 3. The Hall–Kier alpha value is -2.92. The molecule has 2 atom stereocenters. The van der Waals surface area contributed by atoms with E-state index in [0.717, 1.165) is 28.5 Å². The number of fused-ring (bicyclic) bond motifs is 3. The smallest absolute Gasteiger partial charge is 0.243 e. The van der Waals surface area contributed by atoms with Gasteiger partial charge in [-0.15, -0.1) is 0 Å². The topological polar surface area (TPSA) is 111 Å². The molecular weight excluding hydrogens is 344 g/mol. The van der Waals surface area contributed by atoms with Gasteiger partial charge in [0.05, 0.1) is 23.8 Å². The van der Waals surface area contributed by atoms with Gasteiger partial charge in [0.25, 0.3) is 0 Å². The molecule has 1 aliphatic heterocycles. The van der Waals surface area contributed by atoms with E-state index < -0.39 is 11.5 Å². The average Bonchev–Trinajstić information content (AvgIpc) is 3.04. The molecule has 2 N–H and O–H groups in total. The van der Waals surface area contributed by atoms with Crippen LogP contribution in [0.15, 0.2) is 18.5 Å². The minimum Gasteiger partial charge on any atom is -0.385 e. The Morgan fingerprint density at radius 3 is 3.04 bits per heavy atom. The van der Waals surface area contributed by atoms with E-state index in [2.05, 4.69) is 25.6 Å². The summed E-state index contributed by atoms with van der Waals surface area (Å²) >= 11 is 0. The first-order chi connectivity index (χ1) is 13.0. The highest BCUT2D eigenvalue weighted by atomic mass is 16.3. The highest BCUT2D eigenvalue weighted by molar-refractivity contribution is 6.01. The van der Waals surface area contributed by atoms with Crippen LogP contribution in [0.3, 0.4) is 0 Å². The maximum Gasteiger partial charge on any atom is 0.243 e. The molecule has 0 aromatic carbocycles. The molecule has 0 spiro atoms. The van der Waals surface area contributed by atoms with E-state index in [9.17, 15) is 15.2 Å². The van der Waals surface area contributed by atoms with Gasteiger partial charge >= 0.3 is 0 Å². The normalized spacial score (nSPS) is 22.3. The molecule has 0 radical (unpaired) electrons. The van der Waals surface area contributed by atoms with Gasteiger partial charge in [-0.25, -0.2) is 9.97 Å². The van der Waals surface area contributed by atoms with Crippen LogP contribution in [0, 0.1) is 16.7 Å². The summed E-state index contributed by atoms with van der Waals surface area (Å²) in [4.78, 5) is 26.7. The lowest BCUT2D eigenvalue weighted by Gasteiger charge is -2.21. The summed E-state index contributed by atoms with van der Waals surface area (Å²) in [5.74, 6) is 0.533. The van der Waals surface area contributed by atoms with Crippen LogP contribution in [0.2, 0.25) is 0 Å². The number of amides is 1.